The number of esters is 2. The number of hydrogen-bond acceptors (Lipinski definition) is 5. The second-order valence-electron chi connectivity index (χ2n) is 7.33. The van der Waals surface area contributed by atoms with E-state index in [1.807, 2.05) is 31.2 Å². The maximum atomic E-state index is 12.5. The minimum atomic E-state index is -0.984. The van der Waals surface area contributed by atoms with Crippen molar-refractivity contribution >= 4 is 17.8 Å². The van der Waals surface area contributed by atoms with Gasteiger partial charge in [0, 0.05) is 12.2 Å². The van der Waals surface area contributed by atoms with Crippen molar-refractivity contribution < 1.29 is 23.9 Å². The van der Waals surface area contributed by atoms with E-state index in [1.165, 1.54) is 6.92 Å². The fourth-order valence-electron chi connectivity index (χ4n) is 2.85. The van der Waals surface area contributed by atoms with Crippen LogP contribution < -0.4 is 5.32 Å². The number of H-pyrrole nitrogens is 1. The fourth-order valence-corrected chi connectivity index (χ4v) is 2.85. The molecular weight excluding hydrogens is 372 g/mol. The van der Waals surface area contributed by atoms with E-state index in [4.69, 9.17) is 9.47 Å². The molecule has 1 atom stereocenters. The molecule has 7 nitrogen and oxygen atoms in total. The van der Waals surface area contributed by atoms with Crippen LogP contribution in [0.25, 0.3) is 0 Å². The SMILES string of the molecule is Cc1ccc(CNC(=O)[C@@H](C)OC(=O)c2[nH]c(C)c(C(=O)OC(C)C)c2C)cc1. The highest BCUT2D eigenvalue weighted by atomic mass is 16.6. The number of amides is 1. The summed E-state index contributed by atoms with van der Waals surface area (Å²) in [5.74, 6) is -1.61. The van der Waals surface area contributed by atoms with Crippen LogP contribution >= 0.6 is 0 Å². The lowest BCUT2D eigenvalue weighted by molar-refractivity contribution is -0.129. The van der Waals surface area contributed by atoms with E-state index in [1.54, 1.807) is 27.7 Å². The maximum Gasteiger partial charge on any atom is 0.355 e. The number of carbonyl (C=O) groups excluding carboxylic acids is 3. The lowest BCUT2D eigenvalue weighted by Gasteiger charge is -2.13. The van der Waals surface area contributed by atoms with Gasteiger partial charge < -0.3 is 19.8 Å². The summed E-state index contributed by atoms with van der Waals surface area (Å²) in [5, 5.41) is 2.75. The number of aromatic nitrogens is 1. The highest BCUT2D eigenvalue weighted by Crippen LogP contribution is 2.21. The smallest absolute Gasteiger partial charge is 0.355 e. The Labute approximate surface area is 170 Å². The molecule has 2 aromatic rings. The molecule has 0 bridgehead atoms. The van der Waals surface area contributed by atoms with E-state index < -0.39 is 23.9 Å². The summed E-state index contributed by atoms with van der Waals surface area (Å²) in [6, 6.07) is 7.77. The van der Waals surface area contributed by atoms with Crippen molar-refractivity contribution in [3.05, 3.63) is 57.9 Å². The largest absolute Gasteiger partial charge is 0.459 e. The number of aromatic amines is 1. The van der Waals surface area contributed by atoms with Crippen LogP contribution in [0.2, 0.25) is 0 Å². The molecule has 0 saturated carbocycles. The molecular formula is C22H28N2O5. The number of carbonyl (C=O) groups is 3. The minimum absolute atomic E-state index is 0.136. The summed E-state index contributed by atoms with van der Waals surface area (Å²) in [6.07, 6.45) is -1.26. The van der Waals surface area contributed by atoms with Gasteiger partial charge in [-0.15, -0.1) is 0 Å². The molecule has 7 heteroatoms. The average molecular weight is 400 g/mol. The second kappa shape index (κ2) is 9.41. The third-order valence-electron chi connectivity index (χ3n) is 4.43. The molecule has 156 valence electrons. The lowest BCUT2D eigenvalue weighted by Crippen LogP contribution is -2.35. The van der Waals surface area contributed by atoms with Gasteiger partial charge in [0.1, 0.15) is 5.69 Å². The molecule has 0 saturated heterocycles. The number of aryl methyl sites for hydroxylation is 2. The van der Waals surface area contributed by atoms with Gasteiger partial charge in [-0.25, -0.2) is 9.59 Å². The van der Waals surface area contributed by atoms with Gasteiger partial charge in [0.15, 0.2) is 6.10 Å². The average Bonchev–Trinajstić information content (AvgIpc) is 2.94. The topological polar surface area (TPSA) is 97.5 Å². The number of hydrogen-bond donors (Lipinski definition) is 2. The van der Waals surface area contributed by atoms with Crippen molar-refractivity contribution in [3.63, 3.8) is 0 Å². The summed E-state index contributed by atoms with van der Waals surface area (Å²) in [4.78, 5) is 39.9. The molecule has 2 N–H and O–H groups in total. The Hall–Kier alpha value is -3.09. The Kier molecular flexibility index (Phi) is 7.20. The Morgan fingerprint density at radius 1 is 0.966 bits per heavy atom. The molecule has 2 rings (SSSR count). The molecule has 0 fully saturated rings. The van der Waals surface area contributed by atoms with Crippen LogP contribution in [0, 0.1) is 20.8 Å². The van der Waals surface area contributed by atoms with Crippen molar-refractivity contribution in [3.8, 4) is 0 Å². The molecule has 1 aromatic heterocycles. The van der Waals surface area contributed by atoms with Crippen LogP contribution in [0.15, 0.2) is 24.3 Å². The van der Waals surface area contributed by atoms with Gasteiger partial charge in [0.2, 0.25) is 0 Å². The van der Waals surface area contributed by atoms with E-state index in [-0.39, 0.29) is 11.8 Å². The zero-order valence-electron chi connectivity index (χ0n) is 17.7. The molecule has 1 aromatic carbocycles. The Bertz CT molecular complexity index is 897. The molecule has 0 aliphatic carbocycles. The maximum absolute atomic E-state index is 12.5. The zero-order valence-corrected chi connectivity index (χ0v) is 17.7. The lowest BCUT2D eigenvalue weighted by atomic mass is 10.1. The van der Waals surface area contributed by atoms with Crippen LogP contribution in [-0.4, -0.2) is 35.0 Å². The first-order chi connectivity index (χ1) is 13.6. The zero-order chi connectivity index (χ0) is 21.7. The van der Waals surface area contributed by atoms with Crippen LogP contribution in [0.4, 0.5) is 0 Å². The van der Waals surface area contributed by atoms with Gasteiger partial charge in [-0.05, 0) is 52.7 Å². The van der Waals surface area contributed by atoms with Crippen molar-refractivity contribution in [2.24, 2.45) is 0 Å². The van der Waals surface area contributed by atoms with Crippen molar-refractivity contribution in [2.75, 3.05) is 0 Å². The van der Waals surface area contributed by atoms with E-state index >= 15 is 0 Å². The van der Waals surface area contributed by atoms with Crippen molar-refractivity contribution in [1.29, 1.82) is 0 Å². The number of ether oxygens (including phenoxy) is 2. The van der Waals surface area contributed by atoms with E-state index in [0.29, 0.717) is 23.4 Å². The molecule has 0 aliphatic rings. The number of nitrogens with one attached hydrogen (secondary N) is 2. The van der Waals surface area contributed by atoms with Crippen LogP contribution in [0.1, 0.15) is 64.0 Å². The van der Waals surface area contributed by atoms with Gasteiger partial charge in [-0.1, -0.05) is 29.8 Å². The van der Waals surface area contributed by atoms with Gasteiger partial charge in [0.05, 0.1) is 11.7 Å². The minimum Gasteiger partial charge on any atom is -0.459 e. The van der Waals surface area contributed by atoms with Crippen LogP contribution in [0.5, 0.6) is 0 Å². The Balaban J connectivity index is 2.00. The summed E-state index contributed by atoms with van der Waals surface area (Å²) < 4.78 is 10.5. The van der Waals surface area contributed by atoms with Crippen LogP contribution in [-0.2, 0) is 20.8 Å². The summed E-state index contributed by atoms with van der Waals surface area (Å²) in [7, 11) is 0. The molecule has 1 amide bonds. The second-order valence-corrected chi connectivity index (χ2v) is 7.33. The first-order valence-corrected chi connectivity index (χ1v) is 9.54. The third-order valence-corrected chi connectivity index (χ3v) is 4.43. The molecule has 0 unspecified atom stereocenters. The summed E-state index contributed by atoms with van der Waals surface area (Å²) in [5.41, 5.74) is 3.47. The van der Waals surface area contributed by atoms with E-state index in [2.05, 4.69) is 10.3 Å². The Morgan fingerprint density at radius 3 is 2.17 bits per heavy atom. The molecule has 0 radical (unpaired) electrons. The molecule has 1 heterocycles. The standard InChI is InChI=1S/C22H28N2O5/c1-12(2)28-21(26)18-14(4)19(24-15(18)5)22(27)29-16(6)20(25)23-11-17-9-7-13(3)8-10-17/h7-10,12,16,24H,11H2,1-6H3,(H,23,25)/t16-/m1/s1. The van der Waals surface area contributed by atoms with Gasteiger partial charge >= 0.3 is 11.9 Å². The normalized spacial score (nSPS) is 11.8. The third kappa shape index (κ3) is 5.70. The predicted octanol–water partition coefficient (Wildman–Crippen LogP) is 3.37. The van der Waals surface area contributed by atoms with E-state index in [9.17, 15) is 14.4 Å². The first kappa shape index (κ1) is 22.2. The first-order valence-electron chi connectivity index (χ1n) is 9.54. The number of benzene rings is 1. The van der Waals surface area contributed by atoms with Gasteiger partial charge in [-0.3, -0.25) is 4.79 Å². The predicted molar refractivity (Wildman–Crippen MR) is 109 cm³/mol. The quantitative estimate of drug-likeness (QED) is 0.695. The number of rotatable bonds is 7. The Morgan fingerprint density at radius 2 is 1.59 bits per heavy atom. The van der Waals surface area contributed by atoms with Gasteiger partial charge in [0.25, 0.3) is 5.91 Å². The highest BCUT2D eigenvalue weighted by molar-refractivity contribution is 5.99. The van der Waals surface area contributed by atoms with Gasteiger partial charge in [-0.2, -0.15) is 0 Å². The van der Waals surface area contributed by atoms with Crippen molar-refractivity contribution in [1.82, 2.24) is 10.3 Å². The van der Waals surface area contributed by atoms with E-state index in [0.717, 1.165) is 11.1 Å². The molecule has 29 heavy (non-hydrogen) atoms. The highest BCUT2D eigenvalue weighted by Gasteiger charge is 2.26. The van der Waals surface area contributed by atoms with Crippen molar-refractivity contribution in [2.45, 2.75) is 60.3 Å². The summed E-state index contributed by atoms with van der Waals surface area (Å²) >= 11 is 0. The van der Waals surface area contributed by atoms with Crippen LogP contribution in [0.3, 0.4) is 0 Å². The fraction of sp³-hybridized carbons (Fsp3) is 0.409. The molecule has 0 spiro atoms. The summed E-state index contributed by atoms with van der Waals surface area (Å²) in [6.45, 7) is 10.6. The monoisotopic (exact) mass is 400 g/mol. The molecule has 0 aliphatic heterocycles.